The lowest BCUT2D eigenvalue weighted by atomic mass is 10.3. The molecule has 0 aromatic carbocycles. The van der Waals surface area contributed by atoms with Crippen molar-refractivity contribution < 1.29 is 28.2 Å². The third-order valence-electron chi connectivity index (χ3n) is 2.33. The van der Waals surface area contributed by atoms with Crippen molar-refractivity contribution in [2.24, 2.45) is 12.2 Å². The topological polar surface area (TPSA) is 152 Å². The zero-order chi connectivity index (χ0) is 14.8. The number of nitrogens with zero attached hydrogens (tertiary/aromatic N) is 1. The van der Waals surface area contributed by atoms with Gasteiger partial charge in [0.05, 0.1) is 6.61 Å². The molecule has 0 aliphatic rings. The molecule has 1 atom stereocenters. The maximum atomic E-state index is 11.7. The number of aliphatic carboxylic acids is 1. The average molecular weight is 291 g/mol. The Labute approximate surface area is 108 Å². The lowest BCUT2D eigenvalue weighted by Crippen LogP contribution is -2.43. The molecule has 0 bridgehead atoms. The number of aliphatic hydroxyl groups is 1. The molecule has 1 heterocycles. The highest BCUT2D eigenvalue weighted by Crippen LogP contribution is 2.11. The van der Waals surface area contributed by atoms with E-state index in [4.69, 9.17) is 15.4 Å². The average Bonchev–Trinajstić information content (AvgIpc) is 2.67. The van der Waals surface area contributed by atoms with E-state index < -0.39 is 34.5 Å². The first-order valence-corrected chi connectivity index (χ1v) is 6.55. The minimum atomic E-state index is -3.95. The second kappa shape index (κ2) is 5.38. The van der Waals surface area contributed by atoms with E-state index in [1.165, 1.54) is 11.6 Å². The summed E-state index contributed by atoms with van der Waals surface area (Å²) < 4.78 is 23.4. The predicted octanol–water partition coefficient (Wildman–Crippen LogP) is -2.15. The van der Waals surface area contributed by atoms with Crippen molar-refractivity contribution in [3.05, 3.63) is 18.0 Å². The van der Waals surface area contributed by atoms with Gasteiger partial charge in [0.15, 0.2) is 6.04 Å². The molecule has 1 aromatic rings. The number of carbonyl (C=O) groups is 2. The maximum absolute atomic E-state index is 11.7. The summed E-state index contributed by atoms with van der Waals surface area (Å²) in [5, 5.41) is 24.4. The van der Waals surface area contributed by atoms with E-state index in [1.807, 2.05) is 5.32 Å². The smallest absolute Gasteiger partial charge is 0.328 e. The largest absolute Gasteiger partial charge is 0.480 e. The standard InChI is InChI=1S/C9H13N3O6S/c1-12-3-5(19(10,17)18)2-7(12)8(14)11-6(4-13)9(15)16/h2-3,6,13H,4H2,1H3,(H,11,14)(H,15,16)(H2,10,17,18). The van der Waals surface area contributed by atoms with Gasteiger partial charge in [0.25, 0.3) is 5.91 Å². The van der Waals surface area contributed by atoms with E-state index >= 15 is 0 Å². The third kappa shape index (κ3) is 3.53. The summed E-state index contributed by atoms with van der Waals surface area (Å²) in [5.74, 6) is -2.24. The summed E-state index contributed by atoms with van der Waals surface area (Å²) in [5.41, 5.74) is -0.0938. The first-order chi connectivity index (χ1) is 8.66. The quantitative estimate of drug-likeness (QED) is 0.485. The number of aryl methyl sites for hydroxylation is 1. The van der Waals surface area contributed by atoms with E-state index in [0.717, 1.165) is 12.3 Å². The fourth-order valence-electron chi connectivity index (χ4n) is 1.33. The van der Waals surface area contributed by atoms with Gasteiger partial charge in [-0.05, 0) is 6.07 Å². The normalized spacial score (nSPS) is 13.0. The van der Waals surface area contributed by atoms with Gasteiger partial charge in [0.1, 0.15) is 10.6 Å². The Kier molecular flexibility index (Phi) is 4.29. The molecule has 0 aliphatic heterocycles. The van der Waals surface area contributed by atoms with Crippen LogP contribution in [0.2, 0.25) is 0 Å². The van der Waals surface area contributed by atoms with Crippen LogP contribution in [0, 0.1) is 0 Å². The summed E-state index contributed by atoms with van der Waals surface area (Å²) in [7, 11) is -2.55. The molecule has 0 aliphatic carbocycles. The molecule has 19 heavy (non-hydrogen) atoms. The molecule has 0 saturated carbocycles. The second-order valence-corrected chi connectivity index (χ2v) is 5.33. The van der Waals surface area contributed by atoms with Gasteiger partial charge < -0.3 is 20.1 Å². The van der Waals surface area contributed by atoms with E-state index in [0.29, 0.717) is 0 Å². The molecule has 10 heteroatoms. The molecule has 0 saturated heterocycles. The molecule has 5 N–H and O–H groups in total. The van der Waals surface area contributed by atoms with Gasteiger partial charge in [-0.15, -0.1) is 0 Å². The van der Waals surface area contributed by atoms with E-state index in [9.17, 15) is 18.0 Å². The number of carboxylic acids is 1. The molecule has 0 fully saturated rings. The SMILES string of the molecule is Cn1cc(S(N)(=O)=O)cc1C(=O)NC(CO)C(=O)O. The molecule has 1 aromatic heterocycles. The Hall–Kier alpha value is -1.91. The van der Waals surface area contributed by atoms with Crippen molar-refractivity contribution in [1.82, 2.24) is 9.88 Å². The van der Waals surface area contributed by atoms with Gasteiger partial charge in [0.2, 0.25) is 10.0 Å². The Balaban J connectivity index is 3.01. The van der Waals surface area contributed by atoms with E-state index in [1.54, 1.807) is 0 Å². The molecular weight excluding hydrogens is 278 g/mol. The molecule has 0 spiro atoms. The number of carboxylic acid groups (broad SMARTS) is 1. The number of primary sulfonamides is 1. The second-order valence-electron chi connectivity index (χ2n) is 3.76. The number of hydrogen-bond acceptors (Lipinski definition) is 5. The highest BCUT2D eigenvalue weighted by Gasteiger charge is 2.23. The Morgan fingerprint density at radius 2 is 2.11 bits per heavy atom. The Morgan fingerprint density at radius 1 is 1.53 bits per heavy atom. The highest BCUT2D eigenvalue weighted by atomic mass is 32.2. The molecule has 1 unspecified atom stereocenters. The van der Waals surface area contributed by atoms with Gasteiger partial charge in [0, 0.05) is 13.2 Å². The number of carbonyl (C=O) groups excluding carboxylic acids is 1. The fourth-order valence-corrected chi connectivity index (χ4v) is 1.91. The number of aliphatic hydroxyl groups excluding tert-OH is 1. The predicted molar refractivity (Wildman–Crippen MR) is 62.8 cm³/mol. The van der Waals surface area contributed by atoms with Gasteiger partial charge >= 0.3 is 5.97 Å². The first kappa shape index (κ1) is 15.1. The Morgan fingerprint density at radius 3 is 2.47 bits per heavy atom. The molecule has 9 nitrogen and oxygen atoms in total. The van der Waals surface area contributed by atoms with Crippen molar-refractivity contribution in [2.45, 2.75) is 10.9 Å². The summed E-state index contributed by atoms with van der Waals surface area (Å²) in [6, 6.07) is -0.457. The van der Waals surface area contributed by atoms with Crippen LogP contribution in [0.15, 0.2) is 17.2 Å². The van der Waals surface area contributed by atoms with Crippen LogP contribution in [0.25, 0.3) is 0 Å². The van der Waals surface area contributed by atoms with Crippen LogP contribution >= 0.6 is 0 Å². The lowest BCUT2D eigenvalue weighted by Gasteiger charge is -2.11. The molecule has 106 valence electrons. The molecule has 0 radical (unpaired) electrons. The van der Waals surface area contributed by atoms with Crippen molar-refractivity contribution in [3.63, 3.8) is 0 Å². The number of nitrogens with two attached hydrogens (primary N) is 1. The lowest BCUT2D eigenvalue weighted by molar-refractivity contribution is -0.140. The van der Waals surface area contributed by atoms with Crippen LogP contribution in [0.5, 0.6) is 0 Å². The number of nitrogens with one attached hydrogen (secondary N) is 1. The number of rotatable bonds is 5. The van der Waals surface area contributed by atoms with Gasteiger partial charge in [-0.2, -0.15) is 0 Å². The van der Waals surface area contributed by atoms with Crippen molar-refractivity contribution in [3.8, 4) is 0 Å². The van der Waals surface area contributed by atoms with Crippen LogP contribution < -0.4 is 10.5 Å². The van der Waals surface area contributed by atoms with Crippen molar-refractivity contribution >= 4 is 21.9 Å². The number of sulfonamides is 1. The monoisotopic (exact) mass is 291 g/mol. The molecular formula is C9H13N3O6S. The van der Waals surface area contributed by atoms with Crippen LogP contribution in [0.4, 0.5) is 0 Å². The zero-order valence-electron chi connectivity index (χ0n) is 9.90. The van der Waals surface area contributed by atoms with Crippen LogP contribution in [-0.2, 0) is 21.9 Å². The number of hydrogen-bond donors (Lipinski definition) is 4. The minimum absolute atomic E-state index is 0.0938. The first-order valence-electron chi connectivity index (χ1n) is 5.00. The zero-order valence-corrected chi connectivity index (χ0v) is 10.7. The third-order valence-corrected chi connectivity index (χ3v) is 3.21. The molecule has 1 amide bonds. The maximum Gasteiger partial charge on any atom is 0.328 e. The van der Waals surface area contributed by atoms with E-state index in [2.05, 4.69) is 0 Å². The summed E-state index contributed by atoms with van der Waals surface area (Å²) in [4.78, 5) is 22.1. The van der Waals surface area contributed by atoms with Crippen molar-refractivity contribution in [1.29, 1.82) is 0 Å². The Bertz CT molecular complexity index is 605. The minimum Gasteiger partial charge on any atom is -0.480 e. The fraction of sp³-hybridized carbons (Fsp3) is 0.333. The number of amides is 1. The highest BCUT2D eigenvalue weighted by molar-refractivity contribution is 7.89. The van der Waals surface area contributed by atoms with Gasteiger partial charge in [-0.3, -0.25) is 4.79 Å². The number of aromatic nitrogens is 1. The van der Waals surface area contributed by atoms with E-state index in [-0.39, 0.29) is 10.6 Å². The van der Waals surface area contributed by atoms with Gasteiger partial charge in [-0.25, -0.2) is 18.4 Å². The van der Waals surface area contributed by atoms with Crippen LogP contribution in [0.1, 0.15) is 10.5 Å². The summed E-state index contributed by atoms with van der Waals surface area (Å²) in [6.45, 7) is -0.784. The van der Waals surface area contributed by atoms with Crippen LogP contribution in [0.3, 0.4) is 0 Å². The molecule has 1 rings (SSSR count). The van der Waals surface area contributed by atoms with Crippen LogP contribution in [-0.4, -0.2) is 47.7 Å². The van der Waals surface area contributed by atoms with Gasteiger partial charge in [-0.1, -0.05) is 0 Å². The summed E-state index contributed by atoms with van der Waals surface area (Å²) in [6.07, 6.45) is 1.12. The van der Waals surface area contributed by atoms with Crippen molar-refractivity contribution in [2.75, 3.05) is 6.61 Å². The summed E-state index contributed by atoms with van der Waals surface area (Å²) >= 11 is 0.